The van der Waals surface area contributed by atoms with Gasteiger partial charge in [-0.05, 0) is 25.7 Å². The van der Waals surface area contributed by atoms with Crippen LogP contribution in [-0.2, 0) is 28.6 Å². The van der Waals surface area contributed by atoms with Gasteiger partial charge in [0.1, 0.15) is 0 Å². The molecule has 6 nitrogen and oxygen atoms in total. The quantitative estimate of drug-likeness (QED) is 0.0854. The Balaban J connectivity index is 0. The third kappa shape index (κ3) is 28.9. The van der Waals surface area contributed by atoms with Crippen LogP contribution < -0.4 is 0 Å². The number of ether oxygens (including phenoxy) is 3. The minimum Gasteiger partial charge on any atom is -0.469 e. The smallest absolute Gasteiger partial charge is 0.305 e. The van der Waals surface area contributed by atoms with Gasteiger partial charge in [-0.25, -0.2) is 0 Å². The highest BCUT2D eigenvalue weighted by Gasteiger charge is 2.00. The SMILES string of the molecule is COC(=O)CCCCCBr.COC(=O)CCCCCCCCCCCCCC(=O)OC. The number of unbranched alkanes of at least 4 members (excludes halogenated alkanes) is 12. The highest BCUT2D eigenvalue weighted by atomic mass is 79.9. The number of carbonyl (C=O) groups excluding carboxylic acids is 3. The first-order chi connectivity index (χ1) is 15.0. The summed E-state index contributed by atoms with van der Waals surface area (Å²) in [6, 6.07) is 0. The van der Waals surface area contributed by atoms with Crippen molar-refractivity contribution >= 4 is 33.8 Å². The van der Waals surface area contributed by atoms with Gasteiger partial charge in [0.25, 0.3) is 0 Å². The first kappa shape index (κ1) is 32.1. The Hall–Kier alpha value is -1.11. The summed E-state index contributed by atoms with van der Waals surface area (Å²) < 4.78 is 13.7. The Bertz CT molecular complexity index is 402. The normalized spacial score (nSPS) is 10.1. The first-order valence-corrected chi connectivity index (χ1v) is 12.9. The van der Waals surface area contributed by atoms with E-state index in [1.807, 2.05) is 0 Å². The van der Waals surface area contributed by atoms with E-state index in [9.17, 15) is 14.4 Å². The first-order valence-electron chi connectivity index (χ1n) is 11.8. The lowest BCUT2D eigenvalue weighted by atomic mass is 10.0. The molecule has 0 bridgehead atoms. The second-order valence-corrected chi connectivity index (χ2v) is 8.41. The minimum atomic E-state index is -0.102. The summed E-state index contributed by atoms with van der Waals surface area (Å²) >= 11 is 3.32. The molecule has 0 rings (SSSR count). The van der Waals surface area contributed by atoms with Crippen molar-refractivity contribution in [3.8, 4) is 0 Å². The molecule has 0 fully saturated rings. The van der Waals surface area contributed by atoms with Crippen LogP contribution in [0.15, 0.2) is 0 Å². The van der Waals surface area contributed by atoms with Gasteiger partial charge in [0.2, 0.25) is 0 Å². The Kier molecular flexibility index (Phi) is 27.9. The Morgan fingerprint density at radius 2 is 0.677 bits per heavy atom. The number of halogens is 1. The van der Waals surface area contributed by atoms with Crippen LogP contribution in [0, 0.1) is 0 Å². The summed E-state index contributed by atoms with van der Waals surface area (Å²) in [4.78, 5) is 32.3. The predicted molar refractivity (Wildman–Crippen MR) is 128 cm³/mol. The number of methoxy groups -OCH3 is 3. The number of rotatable bonds is 19. The molecule has 31 heavy (non-hydrogen) atoms. The van der Waals surface area contributed by atoms with E-state index in [-0.39, 0.29) is 17.9 Å². The van der Waals surface area contributed by atoms with Crippen molar-refractivity contribution in [2.24, 2.45) is 0 Å². The van der Waals surface area contributed by atoms with Crippen molar-refractivity contribution < 1.29 is 28.6 Å². The van der Waals surface area contributed by atoms with E-state index in [0.717, 1.165) is 50.3 Å². The van der Waals surface area contributed by atoms with Gasteiger partial charge in [-0.1, -0.05) is 80.1 Å². The monoisotopic (exact) mass is 508 g/mol. The van der Waals surface area contributed by atoms with Gasteiger partial charge in [-0.2, -0.15) is 0 Å². The predicted octanol–water partition coefficient (Wildman–Crippen LogP) is 6.52. The van der Waals surface area contributed by atoms with Gasteiger partial charge >= 0.3 is 17.9 Å². The van der Waals surface area contributed by atoms with Gasteiger partial charge < -0.3 is 14.2 Å². The fourth-order valence-electron chi connectivity index (χ4n) is 2.98. The molecule has 0 heterocycles. The van der Waals surface area contributed by atoms with Crippen LogP contribution in [0.25, 0.3) is 0 Å². The molecule has 0 aromatic carbocycles. The molecule has 0 atom stereocenters. The van der Waals surface area contributed by atoms with Crippen LogP contribution in [0.2, 0.25) is 0 Å². The van der Waals surface area contributed by atoms with E-state index in [0.29, 0.717) is 19.3 Å². The zero-order valence-electron chi connectivity index (χ0n) is 20.1. The van der Waals surface area contributed by atoms with Crippen LogP contribution in [0.4, 0.5) is 0 Å². The van der Waals surface area contributed by atoms with Crippen molar-refractivity contribution in [2.75, 3.05) is 26.7 Å². The van der Waals surface area contributed by atoms with Gasteiger partial charge in [-0.3, -0.25) is 14.4 Å². The number of alkyl halides is 1. The number of esters is 3. The maximum Gasteiger partial charge on any atom is 0.305 e. The molecule has 7 heteroatoms. The molecule has 0 aromatic rings. The maximum absolute atomic E-state index is 10.9. The lowest BCUT2D eigenvalue weighted by Gasteiger charge is -2.03. The van der Waals surface area contributed by atoms with E-state index in [1.165, 1.54) is 66.3 Å². The molecule has 0 unspecified atom stereocenters. The van der Waals surface area contributed by atoms with Gasteiger partial charge in [-0.15, -0.1) is 0 Å². The summed E-state index contributed by atoms with van der Waals surface area (Å²) in [7, 11) is 4.31. The molecule has 0 radical (unpaired) electrons. The largest absolute Gasteiger partial charge is 0.469 e. The molecule has 184 valence electrons. The fraction of sp³-hybridized carbons (Fsp3) is 0.875. The van der Waals surface area contributed by atoms with E-state index in [2.05, 4.69) is 30.1 Å². The molecule has 0 aromatic heterocycles. The second kappa shape index (κ2) is 26.9. The molecular formula is C24H45BrO6. The molecular weight excluding hydrogens is 464 g/mol. The number of hydrogen-bond donors (Lipinski definition) is 0. The van der Waals surface area contributed by atoms with Crippen LogP contribution in [0.1, 0.15) is 109 Å². The van der Waals surface area contributed by atoms with E-state index < -0.39 is 0 Å². The lowest BCUT2D eigenvalue weighted by Crippen LogP contribution is -1.99. The standard InChI is InChI=1S/C17H32O4.C7H13BrO2/c1-20-16(18)14-12-10-8-6-4-3-5-7-9-11-13-15-17(19)21-2;1-10-7(9)5-3-2-4-6-8/h3-15H2,1-2H3;2-6H2,1H3. The van der Waals surface area contributed by atoms with E-state index >= 15 is 0 Å². The average molecular weight is 510 g/mol. The zero-order valence-corrected chi connectivity index (χ0v) is 21.6. The number of carbonyl (C=O) groups is 3. The zero-order chi connectivity index (χ0) is 23.6. The van der Waals surface area contributed by atoms with Crippen molar-refractivity contribution in [3.63, 3.8) is 0 Å². The molecule has 0 amide bonds. The van der Waals surface area contributed by atoms with E-state index in [4.69, 9.17) is 0 Å². The fourth-order valence-corrected chi connectivity index (χ4v) is 3.37. The van der Waals surface area contributed by atoms with Crippen molar-refractivity contribution in [3.05, 3.63) is 0 Å². The van der Waals surface area contributed by atoms with Crippen LogP contribution >= 0.6 is 15.9 Å². The summed E-state index contributed by atoms with van der Waals surface area (Å²) in [6.07, 6.45) is 17.9. The van der Waals surface area contributed by atoms with Gasteiger partial charge in [0, 0.05) is 24.6 Å². The summed E-state index contributed by atoms with van der Waals surface area (Å²) in [5, 5.41) is 1.02. The Labute approximate surface area is 198 Å². The average Bonchev–Trinajstić information content (AvgIpc) is 2.79. The molecule has 0 aliphatic rings. The van der Waals surface area contributed by atoms with Crippen LogP contribution in [0.5, 0.6) is 0 Å². The molecule has 0 aliphatic carbocycles. The van der Waals surface area contributed by atoms with Crippen LogP contribution in [0.3, 0.4) is 0 Å². The third-order valence-corrected chi connectivity index (χ3v) is 5.52. The third-order valence-electron chi connectivity index (χ3n) is 4.96. The van der Waals surface area contributed by atoms with Gasteiger partial charge in [0.15, 0.2) is 0 Å². The van der Waals surface area contributed by atoms with Crippen molar-refractivity contribution in [1.82, 2.24) is 0 Å². The highest BCUT2D eigenvalue weighted by Crippen LogP contribution is 2.12. The summed E-state index contributed by atoms with van der Waals surface area (Å²) in [5.41, 5.74) is 0. The molecule has 0 N–H and O–H groups in total. The molecule has 0 aliphatic heterocycles. The van der Waals surface area contributed by atoms with Crippen LogP contribution in [-0.4, -0.2) is 44.6 Å². The summed E-state index contributed by atoms with van der Waals surface area (Å²) in [6.45, 7) is 0. The van der Waals surface area contributed by atoms with E-state index in [1.54, 1.807) is 0 Å². The Morgan fingerprint density at radius 1 is 0.452 bits per heavy atom. The molecule has 0 saturated carbocycles. The molecule has 0 spiro atoms. The number of hydrogen-bond acceptors (Lipinski definition) is 6. The van der Waals surface area contributed by atoms with Gasteiger partial charge in [0.05, 0.1) is 21.3 Å². The van der Waals surface area contributed by atoms with Crippen molar-refractivity contribution in [1.29, 1.82) is 0 Å². The topological polar surface area (TPSA) is 78.9 Å². The summed E-state index contributed by atoms with van der Waals surface area (Å²) in [5.74, 6) is -0.293. The minimum absolute atomic E-state index is 0.0952. The lowest BCUT2D eigenvalue weighted by molar-refractivity contribution is -0.141. The second-order valence-electron chi connectivity index (χ2n) is 7.62. The maximum atomic E-state index is 10.9. The molecule has 0 saturated heterocycles. The highest BCUT2D eigenvalue weighted by molar-refractivity contribution is 9.09. The van der Waals surface area contributed by atoms with Crippen molar-refractivity contribution in [2.45, 2.75) is 109 Å². The Morgan fingerprint density at radius 3 is 0.903 bits per heavy atom.